The fourth-order valence-electron chi connectivity index (χ4n) is 1.30. The van der Waals surface area contributed by atoms with Crippen molar-refractivity contribution in [1.82, 2.24) is 9.78 Å². The molecular formula is C9H14ClN3O2. The molecule has 1 rings (SSSR count). The summed E-state index contributed by atoms with van der Waals surface area (Å²) in [6, 6.07) is -1.03. The fraction of sp³-hybridized carbons (Fsp3) is 0.556. The Morgan fingerprint density at radius 1 is 1.73 bits per heavy atom. The van der Waals surface area contributed by atoms with Gasteiger partial charge < -0.3 is 10.5 Å². The summed E-state index contributed by atoms with van der Waals surface area (Å²) >= 11 is 5.85. The number of hydrogen-bond donors (Lipinski definition) is 1. The molecule has 0 spiro atoms. The third-order valence-corrected chi connectivity index (χ3v) is 2.73. The molecule has 6 heteroatoms. The molecule has 0 radical (unpaired) electrons. The highest BCUT2D eigenvalue weighted by Gasteiger charge is 2.24. The summed E-state index contributed by atoms with van der Waals surface area (Å²) in [4.78, 5) is 11.2. The second kappa shape index (κ2) is 4.63. The van der Waals surface area contributed by atoms with Crippen LogP contribution >= 0.6 is 11.6 Å². The summed E-state index contributed by atoms with van der Waals surface area (Å²) in [6.07, 6.45) is 1.53. The predicted octanol–water partition coefficient (Wildman–Crippen LogP) is 0.906. The van der Waals surface area contributed by atoms with E-state index in [9.17, 15) is 4.79 Å². The van der Waals surface area contributed by atoms with Crippen molar-refractivity contribution in [2.75, 3.05) is 7.11 Å². The van der Waals surface area contributed by atoms with Crippen LogP contribution in [0.25, 0.3) is 0 Å². The average molecular weight is 232 g/mol. The molecule has 0 aliphatic rings. The molecule has 84 valence electrons. The molecule has 2 unspecified atom stereocenters. The Labute approximate surface area is 93.1 Å². The molecule has 1 aromatic heterocycles. The van der Waals surface area contributed by atoms with Gasteiger partial charge in [0.05, 0.1) is 30.1 Å². The minimum absolute atomic E-state index is 0.287. The molecule has 5 nitrogen and oxygen atoms in total. The third-order valence-electron chi connectivity index (χ3n) is 2.36. The van der Waals surface area contributed by atoms with Gasteiger partial charge in [0, 0.05) is 0 Å². The number of carbonyl (C=O) groups excluding carboxylic acids is 1. The van der Waals surface area contributed by atoms with Crippen LogP contribution in [0.4, 0.5) is 0 Å². The van der Waals surface area contributed by atoms with Gasteiger partial charge in [-0.05, 0) is 13.8 Å². The second-order valence-electron chi connectivity index (χ2n) is 3.31. The van der Waals surface area contributed by atoms with Gasteiger partial charge in [-0.25, -0.2) is 0 Å². The Hall–Kier alpha value is -1.07. The topological polar surface area (TPSA) is 70.1 Å². The van der Waals surface area contributed by atoms with E-state index in [0.717, 1.165) is 5.69 Å². The van der Waals surface area contributed by atoms with E-state index in [2.05, 4.69) is 9.84 Å². The number of rotatable bonds is 3. The largest absolute Gasteiger partial charge is 0.468 e. The minimum atomic E-state index is -0.746. The Kier molecular flexibility index (Phi) is 3.71. The first-order valence-corrected chi connectivity index (χ1v) is 4.89. The van der Waals surface area contributed by atoms with Crippen LogP contribution in [0.5, 0.6) is 0 Å². The van der Waals surface area contributed by atoms with Gasteiger partial charge in [-0.2, -0.15) is 5.10 Å². The van der Waals surface area contributed by atoms with E-state index in [1.165, 1.54) is 13.3 Å². The zero-order valence-electron chi connectivity index (χ0n) is 8.90. The first kappa shape index (κ1) is 12.0. The highest BCUT2D eigenvalue weighted by molar-refractivity contribution is 6.31. The second-order valence-corrected chi connectivity index (χ2v) is 3.72. The normalized spacial score (nSPS) is 14.7. The molecule has 0 saturated carbocycles. The van der Waals surface area contributed by atoms with Gasteiger partial charge in [-0.3, -0.25) is 9.48 Å². The zero-order valence-corrected chi connectivity index (χ0v) is 9.65. The van der Waals surface area contributed by atoms with Crippen molar-refractivity contribution in [1.29, 1.82) is 0 Å². The number of halogens is 1. The maximum atomic E-state index is 11.2. The lowest BCUT2D eigenvalue weighted by Gasteiger charge is -2.19. The van der Waals surface area contributed by atoms with Crippen molar-refractivity contribution < 1.29 is 9.53 Å². The molecular weight excluding hydrogens is 218 g/mol. The van der Waals surface area contributed by atoms with Crippen LogP contribution in [-0.2, 0) is 9.53 Å². The van der Waals surface area contributed by atoms with Gasteiger partial charge in [0.15, 0.2) is 0 Å². The van der Waals surface area contributed by atoms with E-state index in [-0.39, 0.29) is 6.04 Å². The highest BCUT2D eigenvalue weighted by Crippen LogP contribution is 2.19. The standard InChI is InChI=1S/C9H14ClN3O2/c1-5-7(10)4-12-13(5)6(2)8(11)9(14)15-3/h4,6,8H,11H2,1-3H3. The molecule has 0 aliphatic carbocycles. The summed E-state index contributed by atoms with van der Waals surface area (Å²) in [7, 11) is 1.30. The minimum Gasteiger partial charge on any atom is -0.468 e. The number of nitrogens with zero attached hydrogens (tertiary/aromatic N) is 2. The van der Waals surface area contributed by atoms with E-state index >= 15 is 0 Å². The first-order chi connectivity index (χ1) is 6.99. The molecule has 0 amide bonds. The lowest BCUT2D eigenvalue weighted by Crippen LogP contribution is -2.39. The van der Waals surface area contributed by atoms with Crippen molar-refractivity contribution in [2.45, 2.75) is 25.9 Å². The van der Waals surface area contributed by atoms with Gasteiger partial charge in [0.1, 0.15) is 6.04 Å². The molecule has 1 aromatic rings. The highest BCUT2D eigenvalue weighted by atomic mass is 35.5. The Morgan fingerprint density at radius 2 is 2.33 bits per heavy atom. The monoisotopic (exact) mass is 231 g/mol. The van der Waals surface area contributed by atoms with Crippen LogP contribution in [0.3, 0.4) is 0 Å². The Morgan fingerprint density at radius 3 is 2.73 bits per heavy atom. The van der Waals surface area contributed by atoms with E-state index in [4.69, 9.17) is 17.3 Å². The van der Waals surface area contributed by atoms with E-state index in [1.807, 2.05) is 6.92 Å². The lowest BCUT2D eigenvalue weighted by atomic mass is 10.1. The van der Waals surface area contributed by atoms with Crippen LogP contribution < -0.4 is 5.73 Å². The molecule has 0 bridgehead atoms. The molecule has 2 atom stereocenters. The van der Waals surface area contributed by atoms with Gasteiger partial charge in [0.2, 0.25) is 0 Å². The number of methoxy groups -OCH3 is 1. The Balaban J connectivity index is 2.89. The first-order valence-electron chi connectivity index (χ1n) is 4.52. The average Bonchev–Trinajstić information content (AvgIpc) is 2.56. The zero-order chi connectivity index (χ0) is 11.6. The molecule has 15 heavy (non-hydrogen) atoms. The summed E-state index contributed by atoms with van der Waals surface area (Å²) in [5.74, 6) is -0.464. The van der Waals surface area contributed by atoms with E-state index < -0.39 is 12.0 Å². The molecule has 0 aliphatic heterocycles. The molecule has 1 heterocycles. The number of hydrogen-bond acceptors (Lipinski definition) is 4. The number of aromatic nitrogens is 2. The molecule has 2 N–H and O–H groups in total. The third kappa shape index (κ3) is 2.30. The number of carbonyl (C=O) groups is 1. The maximum Gasteiger partial charge on any atom is 0.324 e. The SMILES string of the molecule is COC(=O)C(N)C(C)n1ncc(Cl)c1C. The van der Waals surface area contributed by atoms with Crippen LogP contribution in [-0.4, -0.2) is 28.9 Å². The lowest BCUT2D eigenvalue weighted by molar-refractivity contribution is -0.143. The van der Waals surface area contributed by atoms with Gasteiger partial charge in [-0.15, -0.1) is 0 Å². The summed E-state index contributed by atoms with van der Waals surface area (Å²) in [6.45, 7) is 3.60. The summed E-state index contributed by atoms with van der Waals surface area (Å²) in [5, 5.41) is 4.60. The van der Waals surface area contributed by atoms with Crippen molar-refractivity contribution in [3.8, 4) is 0 Å². The van der Waals surface area contributed by atoms with Crippen LogP contribution in [0.15, 0.2) is 6.20 Å². The molecule has 0 saturated heterocycles. The van der Waals surface area contributed by atoms with Gasteiger partial charge in [0.25, 0.3) is 0 Å². The molecule has 0 fully saturated rings. The maximum absolute atomic E-state index is 11.2. The van der Waals surface area contributed by atoms with Crippen molar-refractivity contribution >= 4 is 17.6 Å². The number of esters is 1. The predicted molar refractivity (Wildman–Crippen MR) is 56.7 cm³/mol. The van der Waals surface area contributed by atoms with Crippen molar-refractivity contribution in [2.24, 2.45) is 5.73 Å². The number of ether oxygens (including phenoxy) is 1. The summed E-state index contributed by atoms with van der Waals surface area (Å²) < 4.78 is 6.18. The quantitative estimate of drug-likeness (QED) is 0.785. The van der Waals surface area contributed by atoms with E-state index in [1.54, 1.807) is 11.6 Å². The van der Waals surface area contributed by atoms with Crippen LogP contribution in [0.2, 0.25) is 5.02 Å². The van der Waals surface area contributed by atoms with Crippen molar-refractivity contribution in [3.05, 3.63) is 16.9 Å². The number of nitrogens with two attached hydrogens (primary N) is 1. The Bertz CT molecular complexity index is 364. The smallest absolute Gasteiger partial charge is 0.324 e. The van der Waals surface area contributed by atoms with Gasteiger partial charge in [-0.1, -0.05) is 11.6 Å². The summed E-state index contributed by atoms with van der Waals surface area (Å²) in [5.41, 5.74) is 6.48. The van der Waals surface area contributed by atoms with Crippen LogP contribution in [0, 0.1) is 6.92 Å². The van der Waals surface area contributed by atoms with Crippen LogP contribution in [0.1, 0.15) is 18.7 Å². The fourth-order valence-corrected chi connectivity index (χ4v) is 1.43. The van der Waals surface area contributed by atoms with Crippen molar-refractivity contribution in [3.63, 3.8) is 0 Å². The molecule has 0 aromatic carbocycles. The van der Waals surface area contributed by atoms with Gasteiger partial charge >= 0.3 is 5.97 Å². The van der Waals surface area contributed by atoms with E-state index in [0.29, 0.717) is 5.02 Å².